The summed E-state index contributed by atoms with van der Waals surface area (Å²) in [5.41, 5.74) is 1.18. The van der Waals surface area contributed by atoms with Crippen LogP contribution in [0.25, 0.3) is 0 Å². The highest BCUT2D eigenvalue weighted by molar-refractivity contribution is 6.34. The lowest BCUT2D eigenvalue weighted by Gasteiger charge is -2.25. The Morgan fingerprint density at radius 2 is 1.85 bits per heavy atom. The largest absolute Gasteiger partial charge is 0.493 e. The molecule has 4 rings (SSSR count). The molecule has 0 saturated heterocycles. The highest BCUT2D eigenvalue weighted by Gasteiger charge is 2.26. The first-order chi connectivity index (χ1) is 16.1. The maximum absolute atomic E-state index is 9.71. The number of aliphatic hydroxyl groups is 1. The van der Waals surface area contributed by atoms with Crippen LogP contribution >= 0.6 is 11.6 Å². The summed E-state index contributed by atoms with van der Waals surface area (Å²) in [6.07, 6.45) is 1.60. The summed E-state index contributed by atoms with van der Waals surface area (Å²) in [6.45, 7) is 0.175. The Morgan fingerprint density at radius 3 is 2.52 bits per heavy atom. The molecule has 1 aromatic heterocycles. The van der Waals surface area contributed by atoms with Gasteiger partial charge < -0.3 is 39.0 Å². The van der Waals surface area contributed by atoms with E-state index in [4.69, 9.17) is 35.3 Å². The number of fused-ring (bicyclic) bond motifs is 1. The Kier molecular flexibility index (Phi) is 6.76. The fourth-order valence-corrected chi connectivity index (χ4v) is 3.72. The summed E-state index contributed by atoms with van der Waals surface area (Å²) >= 11 is 6.50. The maximum Gasteiger partial charge on any atom is 0.231 e. The van der Waals surface area contributed by atoms with Gasteiger partial charge in [-0.15, -0.1) is 0 Å². The van der Waals surface area contributed by atoms with Gasteiger partial charge >= 0.3 is 0 Å². The van der Waals surface area contributed by atoms with E-state index in [9.17, 15) is 5.11 Å². The number of aromatic nitrogens is 2. The molecule has 0 aliphatic carbocycles. The van der Waals surface area contributed by atoms with Crippen molar-refractivity contribution in [3.05, 3.63) is 41.6 Å². The highest BCUT2D eigenvalue weighted by Crippen LogP contribution is 2.47. The number of aliphatic hydroxyl groups excluding tert-OH is 1. The quantitative estimate of drug-likeness (QED) is 0.476. The predicted octanol–water partition coefficient (Wildman–Crippen LogP) is 3.76. The van der Waals surface area contributed by atoms with Crippen LogP contribution in [0.3, 0.4) is 0 Å². The van der Waals surface area contributed by atoms with E-state index in [1.807, 2.05) is 0 Å². The van der Waals surface area contributed by atoms with Crippen molar-refractivity contribution in [2.24, 2.45) is 0 Å². The number of nitrogens with one attached hydrogen (secondary N) is 1. The topological polar surface area (TPSA) is 107 Å². The standard InChI is InChI=1S/C22H23ClN4O6/c1-29-16-10-13(11-17(30-2)20(16)31-3)25-22-24-7-6-18(26-22)27(8-9-28)19-14(23)4-5-15-21(19)33-12-32-15/h4-7,10-11,28H,8-9,12H2,1-3H3,(H,24,25,26). The molecular formula is C22H23ClN4O6. The number of hydrogen-bond acceptors (Lipinski definition) is 10. The molecule has 0 atom stereocenters. The molecule has 2 aromatic carbocycles. The molecule has 1 aliphatic heterocycles. The molecule has 0 bridgehead atoms. The van der Waals surface area contributed by atoms with Crippen molar-refractivity contribution in [1.82, 2.24) is 9.97 Å². The molecule has 33 heavy (non-hydrogen) atoms. The number of benzene rings is 2. The van der Waals surface area contributed by atoms with Gasteiger partial charge in [0, 0.05) is 30.6 Å². The first kappa shape index (κ1) is 22.6. The zero-order chi connectivity index (χ0) is 23.4. The van der Waals surface area contributed by atoms with Crippen molar-refractivity contribution in [3.63, 3.8) is 0 Å². The second-order valence-electron chi connectivity index (χ2n) is 6.78. The minimum Gasteiger partial charge on any atom is -0.493 e. The van der Waals surface area contributed by atoms with Crippen LogP contribution in [0.5, 0.6) is 28.7 Å². The average molecular weight is 475 g/mol. The van der Waals surface area contributed by atoms with Crippen molar-refractivity contribution in [1.29, 1.82) is 0 Å². The molecule has 0 fully saturated rings. The zero-order valence-electron chi connectivity index (χ0n) is 18.3. The Morgan fingerprint density at radius 1 is 1.09 bits per heavy atom. The molecule has 174 valence electrons. The van der Waals surface area contributed by atoms with Crippen LogP contribution in [0, 0.1) is 0 Å². The van der Waals surface area contributed by atoms with E-state index in [-0.39, 0.29) is 19.9 Å². The maximum atomic E-state index is 9.71. The van der Waals surface area contributed by atoms with Crippen molar-refractivity contribution >= 4 is 34.7 Å². The molecular weight excluding hydrogens is 452 g/mol. The number of halogens is 1. The van der Waals surface area contributed by atoms with Crippen molar-refractivity contribution < 1.29 is 28.8 Å². The number of anilines is 4. The molecule has 0 unspecified atom stereocenters. The summed E-state index contributed by atoms with van der Waals surface area (Å²) in [6, 6.07) is 8.65. The van der Waals surface area contributed by atoms with E-state index in [0.717, 1.165) is 0 Å². The van der Waals surface area contributed by atoms with E-state index in [1.54, 1.807) is 55.6 Å². The van der Waals surface area contributed by atoms with Crippen LogP contribution in [0.15, 0.2) is 36.5 Å². The van der Waals surface area contributed by atoms with Gasteiger partial charge in [-0.1, -0.05) is 11.6 Å². The highest BCUT2D eigenvalue weighted by atomic mass is 35.5. The van der Waals surface area contributed by atoms with Crippen LogP contribution in [0.4, 0.5) is 23.1 Å². The Hall–Kier alpha value is -3.63. The summed E-state index contributed by atoms with van der Waals surface area (Å²) < 4.78 is 27.3. The number of rotatable bonds is 9. The van der Waals surface area contributed by atoms with Crippen molar-refractivity contribution in [2.45, 2.75) is 0 Å². The van der Waals surface area contributed by atoms with E-state index in [1.165, 1.54) is 7.11 Å². The third-order valence-corrected chi connectivity index (χ3v) is 5.20. The average Bonchev–Trinajstić information content (AvgIpc) is 3.31. The van der Waals surface area contributed by atoms with Gasteiger partial charge in [0.05, 0.1) is 33.0 Å². The molecule has 0 spiro atoms. The summed E-state index contributed by atoms with van der Waals surface area (Å²) in [5.74, 6) is 3.33. The molecule has 0 radical (unpaired) electrons. The lowest BCUT2D eigenvalue weighted by atomic mass is 10.2. The number of nitrogens with zero attached hydrogens (tertiary/aromatic N) is 3. The first-order valence-corrected chi connectivity index (χ1v) is 10.3. The van der Waals surface area contributed by atoms with Gasteiger partial charge in [0.15, 0.2) is 23.0 Å². The number of methoxy groups -OCH3 is 3. The SMILES string of the molecule is COc1cc(Nc2nccc(N(CCO)c3c(Cl)ccc4c3OCO4)n2)cc(OC)c1OC. The first-order valence-electron chi connectivity index (χ1n) is 9.96. The zero-order valence-corrected chi connectivity index (χ0v) is 19.0. The van der Waals surface area contributed by atoms with E-state index in [0.29, 0.717) is 56.9 Å². The molecule has 2 N–H and O–H groups in total. The number of ether oxygens (including phenoxy) is 5. The normalized spacial score (nSPS) is 11.8. The van der Waals surface area contributed by atoms with Gasteiger partial charge in [-0.25, -0.2) is 4.98 Å². The summed E-state index contributed by atoms with van der Waals surface area (Å²) in [4.78, 5) is 10.7. The second-order valence-corrected chi connectivity index (χ2v) is 7.19. The summed E-state index contributed by atoms with van der Waals surface area (Å²) in [7, 11) is 4.62. The Balaban J connectivity index is 1.70. The van der Waals surface area contributed by atoms with Crippen LogP contribution in [-0.2, 0) is 0 Å². The van der Waals surface area contributed by atoms with Crippen LogP contribution in [0.1, 0.15) is 0 Å². The fraction of sp³-hybridized carbons (Fsp3) is 0.273. The minimum absolute atomic E-state index is 0.0906. The van der Waals surface area contributed by atoms with E-state index >= 15 is 0 Å². The van der Waals surface area contributed by atoms with E-state index in [2.05, 4.69) is 15.3 Å². The lowest BCUT2D eigenvalue weighted by Crippen LogP contribution is -2.23. The Labute approximate surface area is 195 Å². The third-order valence-electron chi connectivity index (χ3n) is 4.90. The molecule has 0 amide bonds. The van der Waals surface area contributed by atoms with Crippen LogP contribution < -0.4 is 33.9 Å². The molecule has 3 aromatic rings. The van der Waals surface area contributed by atoms with Crippen molar-refractivity contribution in [3.8, 4) is 28.7 Å². The van der Waals surface area contributed by atoms with Crippen LogP contribution in [-0.4, -0.2) is 56.3 Å². The molecule has 2 heterocycles. The molecule has 1 aliphatic rings. The van der Waals surface area contributed by atoms with Gasteiger partial charge in [0.2, 0.25) is 18.5 Å². The van der Waals surface area contributed by atoms with E-state index < -0.39 is 0 Å². The Bertz CT molecular complexity index is 1120. The molecule has 0 saturated carbocycles. The third kappa shape index (κ3) is 4.48. The molecule has 11 heteroatoms. The molecule has 10 nitrogen and oxygen atoms in total. The summed E-state index contributed by atoms with van der Waals surface area (Å²) in [5, 5.41) is 13.3. The van der Waals surface area contributed by atoms with Gasteiger partial charge in [-0.2, -0.15) is 4.98 Å². The monoisotopic (exact) mass is 474 g/mol. The van der Waals surface area contributed by atoms with Gasteiger partial charge in [0.25, 0.3) is 0 Å². The van der Waals surface area contributed by atoms with Crippen molar-refractivity contribution in [2.75, 3.05) is 51.5 Å². The smallest absolute Gasteiger partial charge is 0.231 e. The van der Waals surface area contributed by atoms with Gasteiger partial charge in [-0.3, -0.25) is 0 Å². The predicted molar refractivity (Wildman–Crippen MR) is 123 cm³/mol. The van der Waals surface area contributed by atoms with Gasteiger partial charge in [0.1, 0.15) is 11.5 Å². The van der Waals surface area contributed by atoms with Gasteiger partial charge in [-0.05, 0) is 18.2 Å². The lowest BCUT2D eigenvalue weighted by molar-refractivity contribution is 0.174. The second kappa shape index (κ2) is 9.88. The minimum atomic E-state index is -0.138. The van der Waals surface area contributed by atoms with Crippen LogP contribution in [0.2, 0.25) is 5.02 Å². The number of hydrogen-bond donors (Lipinski definition) is 2. The fourth-order valence-electron chi connectivity index (χ4n) is 3.47.